The van der Waals surface area contributed by atoms with Gasteiger partial charge >= 0.3 is 0 Å². The van der Waals surface area contributed by atoms with E-state index in [9.17, 15) is 9.18 Å². The Balaban J connectivity index is 1.36. The van der Waals surface area contributed by atoms with E-state index < -0.39 is 5.91 Å². The molecule has 2 aliphatic carbocycles. The van der Waals surface area contributed by atoms with Crippen LogP contribution in [0.5, 0.6) is 0 Å². The van der Waals surface area contributed by atoms with Gasteiger partial charge in [0.2, 0.25) is 0 Å². The average Bonchev–Trinajstić information content (AvgIpc) is 2.59. The Morgan fingerprint density at radius 3 is 2.77 bits per heavy atom. The highest BCUT2D eigenvalue weighted by atomic mass is 19.1. The van der Waals surface area contributed by atoms with E-state index in [-0.39, 0.29) is 17.0 Å². The van der Waals surface area contributed by atoms with Crippen LogP contribution >= 0.6 is 0 Å². The van der Waals surface area contributed by atoms with Crippen LogP contribution in [0.15, 0.2) is 12.1 Å². The van der Waals surface area contributed by atoms with Gasteiger partial charge in [-0.2, -0.15) is 0 Å². The fourth-order valence-corrected chi connectivity index (χ4v) is 6.13. The normalized spacial score (nSPS) is 35.4. The van der Waals surface area contributed by atoms with Gasteiger partial charge in [-0.15, -0.1) is 0 Å². The number of hydroxylamine groups is 1. The van der Waals surface area contributed by atoms with Crippen molar-refractivity contribution < 1.29 is 19.1 Å². The van der Waals surface area contributed by atoms with E-state index in [0.717, 1.165) is 43.3 Å². The van der Waals surface area contributed by atoms with Gasteiger partial charge in [0.15, 0.2) is 0 Å². The van der Waals surface area contributed by atoms with Crippen molar-refractivity contribution in [2.45, 2.75) is 56.8 Å². The maximum Gasteiger partial charge on any atom is 0.274 e. The molecule has 3 aliphatic heterocycles. The molecule has 5 nitrogen and oxygen atoms in total. The smallest absolute Gasteiger partial charge is 0.274 e. The summed E-state index contributed by atoms with van der Waals surface area (Å²) in [6, 6.07) is 2.92. The van der Waals surface area contributed by atoms with Gasteiger partial charge in [0.1, 0.15) is 5.82 Å². The van der Waals surface area contributed by atoms with Crippen LogP contribution < -0.4 is 5.48 Å². The highest BCUT2D eigenvalue weighted by Gasteiger charge is 2.52. The first-order valence-electron chi connectivity index (χ1n) is 9.69. The predicted octanol–water partition coefficient (Wildman–Crippen LogP) is 2.65. The zero-order valence-corrected chi connectivity index (χ0v) is 14.8. The number of amides is 1. The fraction of sp³-hybridized carbons (Fsp3) is 0.650. The summed E-state index contributed by atoms with van der Waals surface area (Å²) in [5.41, 5.74) is 3.27. The summed E-state index contributed by atoms with van der Waals surface area (Å²) < 4.78 is 20.9. The summed E-state index contributed by atoms with van der Waals surface area (Å²) >= 11 is 0. The molecule has 1 amide bonds. The summed E-state index contributed by atoms with van der Waals surface area (Å²) in [5.74, 6) is 0.603. The van der Waals surface area contributed by atoms with Crippen molar-refractivity contribution >= 4 is 5.91 Å². The van der Waals surface area contributed by atoms with E-state index in [1.54, 1.807) is 11.5 Å². The molecule has 2 atom stereocenters. The topological polar surface area (TPSA) is 61.8 Å². The van der Waals surface area contributed by atoms with Crippen molar-refractivity contribution in [2.75, 3.05) is 13.1 Å². The molecule has 140 valence electrons. The Morgan fingerprint density at radius 1 is 1.31 bits per heavy atom. The second-order valence-electron chi connectivity index (χ2n) is 8.77. The highest BCUT2D eigenvalue weighted by Crippen LogP contribution is 2.53. The quantitative estimate of drug-likeness (QED) is 0.643. The molecule has 6 heteroatoms. The highest BCUT2D eigenvalue weighted by molar-refractivity contribution is 5.93. The largest absolute Gasteiger partial charge is 0.370 e. The van der Waals surface area contributed by atoms with Gasteiger partial charge < -0.3 is 4.74 Å². The molecule has 0 aromatic heterocycles. The number of benzene rings is 1. The maximum atomic E-state index is 14.4. The SMILES string of the molecule is O=C(NO)c1cc(F)c2c(c1)CN(CC13CC4CC(CC(C4)O1)C3)CC2. The van der Waals surface area contributed by atoms with E-state index in [0.29, 0.717) is 24.6 Å². The molecule has 26 heavy (non-hydrogen) atoms. The minimum atomic E-state index is -0.673. The minimum absolute atomic E-state index is 0.0229. The molecule has 0 spiro atoms. The number of carbonyl (C=O) groups excluding carboxylic acids is 1. The van der Waals surface area contributed by atoms with Crippen molar-refractivity contribution in [1.82, 2.24) is 10.4 Å². The third-order valence-electron chi connectivity index (χ3n) is 6.83. The molecule has 1 aromatic rings. The molecule has 2 N–H and O–H groups in total. The zero-order valence-electron chi connectivity index (χ0n) is 14.8. The zero-order chi connectivity index (χ0) is 17.9. The Morgan fingerprint density at radius 2 is 2.08 bits per heavy atom. The molecule has 0 radical (unpaired) electrons. The summed E-state index contributed by atoms with van der Waals surface area (Å²) in [6.45, 7) is 2.35. The number of nitrogens with one attached hydrogen (secondary N) is 1. The molecule has 2 saturated carbocycles. The molecular formula is C20H25FN2O3. The number of nitrogens with zero attached hydrogens (tertiary/aromatic N) is 1. The monoisotopic (exact) mass is 360 g/mol. The molecule has 2 unspecified atom stereocenters. The minimum Gasteiger partial charge on any atom is -0.370 e. The number of ether oxygens (including phenoxy) is 1. The number of halogens is 1. The molecule has 2 saturated heterocycles. The van der Waals surface area contributed by atoms with Gasteiger partial charge in [-0.3, -0.25) is 14.9 Å². The van der Waals surface area contributed by atoms with Crippen LogP contribution in [0.3, 0.4) is 0 Å². The third-order valence-corrected chi connectivity index (χ3v) is 6.83. The predicted molar refractivity (Wildman–Crippen MR) is 92.3 cm³/mol. The van der Waals surface area contributed by atoms with Crippen LogP contribution in [0.2, 0.25) is 0 Å². The van der Waals surface area contributed by atoms with Gasteiger partial charge in [0, 0.05) is 25.2 Å². The maximum absolute atomic E-state index is 14.4. The number of hydrogen-bond acceptors (Lipinski definition) is 4. The number of hydrogen-bond donors (Lipinski definition) is 2. The lowest BCUT2D eigenvalue weighted by molar-refractivity contribution is -0.226. The van der Waals surface area contributed by atoms with Crippen LogP contribution in [-0.4, -0.2) is 40.8 Å². The van der Waals surface area contributed by atoms with Gasteiger partial charge in [0.25, 0.3) is 5.91 Å². The van der Waals surface area contributed by atoms with Gasteiger partial charge in [-0.1, -0.05) is 0 Å². The molecule has 4 bridgehead atoms. The third kappa shape index (κ3) is 2.75. The van der Waals surface area contributed by atoms with E-state index >= 15 is 0 Å². The Bertz CT molecular complexity index is 716. The summed E-state index contributed by atoms with van der Waals surface area (Å²) in [5, 5.41) is 8.83. The molecule has 1 aromatic carbocycles. The summed E-state index contributed by atoms with van der Waals surface area (Å²) in [7, 11) is 0. The van der Waals surface area contributed by atoms with E-state index in [1.807, 2.05) is 0 Å². The average molecular weight is 360 g/mol. The molecular weight excluding hydrogens is 335 g/mol. The van der Waals surface area contributed by atoms with Crippen LogP contribution in [0.4, 0.5) is 4.39 Å². The van der Waals surface area contributed by atoms with E-state index in [2.05, 4.69) is 4.90 Å². The van der Waals surface area contributed by atoms with E-state index in [1.165, 1.54) is 25.3 Å². The molecule has 3 heterocycles. The van der Waals surface area contributed by atoms with E-state index in [4.69, 9.17) is 9.94 Å². The first kappa shape index (κ1) is 16.7. The lowest BCUT2D eigenvalue weighted by Crippen LogP contribution is -2.59. The molecule has 4 fully saturated rings. The summed E-state index contributed by atoms with van der Waals surface area (Å²) in [4.78, 5) is 14.0. The summed E-state index contributed by atoms with van der Waals surface area (Å²) in [6.07, 6.45) is 7.23. The van der Waals surface area contributed by atoms with Gasteiger partial charge in [0.05, 0.1) is 11.7 Å². The van der Waals surface area contributed by atoms with Crippen LogP contribution in [0.25, 0.3) is 0 Å². The van der Waals surface area contributed by atoms with Crippen molar-refractivity contribution in [1.29, 1.82) is 0 Å². The lowest BCUT2D eigenvalue weighted by Gasteiger charge is -2.57. The standard InChI is InChI=1S/C20H25FN2O3/c21-18-7-14(19(24)22-25)6-15-10-23(2-1-17(15)18)11-20-8-12-3-13(9-20)5-16(4-12)26-20/h6-7,12-13,16,25H,1-5,8-11H2,(H,22,24). The number of carbonyl (C=O) groups is 1. The Labute approximate surface area is 152 Å². The van der Waals surface area contributed by atoms with Crippen molar-refractivity contribution in [3.8, 4) is 0 Å². The number of rotatable bonds is 3. The Kier molecular flexibility index (Phi) is 3.85. The van der Waals surface area contributed by atoms with Crippen molar-refractivity contribution in [3.05, 3.63) is 34.6 Å². The fourth-order valence-electron chi connectivity index (χ4n) is 6.13. The second kappa shape index (κ2) is 6.01. The first-order valence-corrected chi connectivity index (χ1v) is 9.69. The lowest BCUT2D eigenvalue weighted by atomic mass is 9.62. The number of fused-ring (bicyclic) bond motifs is 1. The van der Waals surface area contributed by atoms with Crippen LogP contribution in [0.1, 0.15) is 53.6 Å². The first-order chi connectivity index (χ1) is 12.5. The van der Waals surface area contributed by atoms with Gasteiger partial charge in [-0.25, -0.2) is 9.87 Å². The molecule has 5 aliphatic rings. The second-order valence-corrected chi connectivity index (χ2v) is 8.77. The molecule has 6 rings (SSSR count). The van der Waals surface area contributed by atoms with Crippen molar-refractivity contribution in [2.24, 2.45) is 11.8 Å². The van der Waals surface area contributed by atoms with Crippen LogP contribution in [0, 0.1) is 17.7 Å². The van der Waals surface area contributed by atoms with Gasteiger partial charge in [-0.05, 0) is 73.6 Å². The van der Waals surface area contributed by atoms with Crippen LogP contribution in [-0.2, 0) is 17.7 Å². The van der Waals surface area contributed by atoms with Crippen molar-refractivity contribution in [3.63, 3.8) is 0 Å². The Hall–Kier alpha value is -1.50.